The van der Waals surface area contributed by atoms with Crippen LogP contribution in [-0.4, -0.2) is 17.1 Å². The number of esters is 1. The Morgan fingerprint density at radius 1 is 1.13 bits per heavy atom. The number of rotatable bonds is 4. The second-order valence-electron chi connectivity index (χ2n) is 8.64. The normalized spacial score (nSPS) is 18.6. The summed E-state index contributed by atoms with van der Waals surface area (Å²) in [4.78, 5) is 12.9. The number of carbonyl (C=O) groups is 1. The van der Waals surface area contributed by atoms with Gasteiger partial charge in [-0.05, 0) is 43.0 Å². The predicted molar refractivity (Wildman–Crippen MR) is 116 cm³/mol. The third-order valence-electron chi connectivity index (χ3n) is 6.06. The van der Waals surface area contributed by atoms with Gasteiger partial charge in [0.25, 0.3) is 0 Å². The zero-order valence-corrected chi connectivity index (χ0v) is 17.8. The summed E-state index contributed by atoms with van der Waals surface area (Å²) in [5.41, 5.74) is 4.28. The van der Waals surface area contributed by atoms with Crippen molar-refractivity contribution in [2.24, 2.45) is 13.0 Å². The van der Waals surface area contributed by atoms with Crippen LogP contribution in [0.25, 0.3) is 0 Å². The molecule has 1 spiro atoms. The van der Waals surface area contributed by atoms with E-state index in [-0.39, 0.29) is 5.97 Å². The van der Waals surface area contributed by atoms with Crippen LogP contribution in [0.5, 0.6) is 11.6 Å². The Morgan fingerprint density at radius 2 is 1.93 bits per heavy atom. The van der Waals surface area contributed by atoms with Crippen LogP contribution in [0.3, 0.4) is 0 Å². The molecule has 30 heavy (non-hydrogen) atoms. The fourth-order valence-corrected chi connectivity index (χ4v) is 4.66. The molecule has 5 heteroatoms. The maximum absolute atomic E-state index is 12.9. The molecule has 2 aliphatic rings. The molecule has 1 atom stereocenters. The van der Waals surface area contributed by atoms with Gasteiger partial charge in [-0.1, -0.05) is 32.0 Å². The Hall–Kier alpha value is -3.21. The van der Waals surface area contributed by atoms with E-state index in [0.29, 0.717) is 23.1 Å². The van der Waals surface area contributed by atoms with Gasteiger partial charge in [0.1, 0.15) is 5.75 Å². The first-order valence-electron chi connectivity index (χ1n) is 10.5. The second-order valence-corrected chi connectivity index (χ2v) is 8.64. The summed E-state index contributed by atoms with van der Waals surface area (Å²) in [6.45, 7) is 7.36. The third-order valence-corrected chi connectivity index (χ3v) is 6.06. The molecule has 5 nitrogen and oxygen atoms in total. The van der Waals surface area contributed by atoms with E-state index in [1.54, 1.807) is 0 Å². The number of aromatic nitrogens is 1. The average Bonchev–Trinajstić information content (AvgIpc) is 3.16. The molecule has 0 bridgehead atoms. The maximum atomic E-state index is 12.9. The first-order valence-corrected chi connectivity index (χ1v) is 10.5. The molecule has 2 aliphatic heterocycles. The number of fused-ring (bicyclic) bond motifs is 6. The lowest BCUT2D eigenvalue weighted by Gasteiger charge is -2.36. The Bertz CT molecular complexity index is 1160. The standard InChI is InChI=1S/C25H26N2O3/c1-15(2)11-12-26-17-9-10-20-21(13-17)29-23-22(16(3)14-27(23)4)25(20)19-8-6-5-7-18(19)24(28)30-25/h5-10,13-15,26H,11-12H2,1-4H3. The molecule has 3 heterocycles. The summed E-state index contributed by atoms with van der Waals surface area (Å²) in [6, 6.07) is 13.7. The number of ether oxygens (including phenoxy) is 2. The lowest BCUT2D eigenvalue weighted by atomic mass is 9.77. The van der Waals surface area contributed by atoms with E-state index in [0.717, 1.165) is 40.9 Å². The minimum Gasteiger partial charge on any atom is -0.440 e. The number of aryl methyl sites for hydroxylation is 2. The van der Waals surface area contributed by atoms with E-state index in [1.807, 2.05) is 67.2 Å². The molecule has 0 amide bonds. The van der Waals surface area contributed by atoms with E-state index < -0.39 is 5.60 Å². The van der Waals surface area contributed by atoms with Crippen molar-refractivity contribution in [2.75, 3.05) is 11.9 Å². The highest BCUT2D eigenvalue weighted by Gasteiger charge is 2.55. The van der Waals surface area contributed by atoms with Crippen molar-refractivity contribution in [1.29, 1.82) is 0 Å². The molecule has 1 unspecified atom stereocenters. The maximum Gasteiger partial charge on any atom is 0.340 e. The third kappa shape index (κ3) is 2.58. The van der Waals surface area contributed by atoms with Crippen molar-refractivity contribution in [3.63, 3.8) is 0 Å². The highest BCUT2D eigenvalue weighted by atomic mass is 16.6. The highest BCUT2D eigenvalue weighted by molar-refractivity contribution is 5.97. The number of carbonyl (C=O) groups excluding carboxylic acids is 1. The largest absolute Gasteiger partial charge is 0.440 e. The highest BCUT2D eigenvalue weighted by Crippen LogP contribution is 2.57. The Morgan fingerprint density at radius 3 is 2.73 bits per heavy atom. The first-order chi connectivity index (χ1) is 14.4. The Balaban J connectivity index is 1.69. The fourth-order valence-electron chi connectivity index (χ4n) is 4.66. The van der Waals surface area contributed by atoms with E-state index >= 15 is 0 Å². The molecular formula is C25H26N2O3. The molecule has 3 aromatic rings. The summed E-state index contributed by atoms with van der Waals surface area (Å²) in [5.74, 6) is 1.76. The second kappa shape index (κ2) is 6.66. The van der Waals surface area contributed by atoms with E-state index in [9.17, 15) is 4.79 Å². The molecule has 0 radical (unpaired) electrons. The smallest absolute Gasteiger partial charge is 0.340 e. The van der Waals surface area contributed by atoms with Crippen molar-refractivity contribution in [2.45, 2.75) is 32.8 Å². The van der Waals surface area contributed by atoms with Crippen molar-refractivity contribution >= 4 is 11.7 Å². The summed E-state index contributed by atoms with van der Waals surface area (Å²) in [6.07, 6.45) is 3.11. The first kappa shape index (κ1) is 18.8. The van der Waals surface area contributed by atoms with Gasteiger partial charge < -0.3 is 19.4 Å². The van der Waals surface area contributed by atoms with Gasteiger partial charge >= 0.3 is 5.97 Å². The van der Waals surface area contributed by atoms with Crippen LogP contribution in [0, 0.1) is 12.8 Å². The number of hydrogen-bond donors (Lipinski definition) is 1. The average molecular weight is 402 g/mol. The van der Waals surface area contributed by atoms with Gasteiger partial charge in [0.15, 0.2) is 5.60 Å². The molecule has 5 rings (SSSR count). The van der Waals surface area contributed by atoms with E-state index in [4.69, 9.17) is 9.47 Å². The molecule has 0 saturated carbocycles. The van der Waals surface area contributed by atoms with Gasteiger partial charge in [-0.3, -0.25) is 0 Å². The van der Waals surface area contributed by atoms with Gasteiger partial charge in [-0.2, -0.15) is 0 Å². The lowest BCUT2D eigenvalue weighted by molar-refractivity contribution is 0.0221. The van der Waals surface area contributed by atoms with Crippen molar-refractivity contribution in [1.82, 2.24) is 4.57 Å². The number of hydrogen-bond acceptors (Lipinski definition) is 4. The van der Waals surface area contributed by atoms with E-state index in [2.05, 4.69) is 19.2 Å². The Labute approximate surface area is 176 Å². The zero-order valence-electron chi connectivity index (χ0n) is 17.8. The molecule has 1 N–H and O–H groups in total. The van der Waals surface area contributed by atoms with Crippen LogP contribution >= 0.6 is 0 Å². The van der Waals surface area contributed by atoms with E-state index in [1.165, 1.54) is 0 Å². The molecule has 0 saturated heterocycles. The minimum absolute atomic E-state index is 0.299. The lowest BCUT2D eigenvalue weighted by Crippen LogP contribution is -2.33. The SMILES string of the molecule is Cc1cn(C)c2c1C1(OC(=O)c3ccccc31)c1ccc(NCCC(C)C)cc1O2. The molecule has 154 valence electrons. The van der Waals surface area contributed by atoms with Crippen molar-refractivity contribution < 1.29 is 14.3 Å². The molecule has 0 fully saturated rings. The number of benzene rings is 2. The topological polar surface area (TPSA) is 52.5 Å². The van der Waals surface area contributed by atoms with Gasteiger partial charge in [0.05, 0.1) is 11.1 Å². The Kier molecular flexibility index (Phi) is 4.17. The molecule has 2 aromatic carbocycles. The van der Waals surface area contributed by atoms with Gasteiger partial charge in [-0.15, -0.1) is 0 Å². The van der Waals surface area contributed by atoms with Crippen LogP contribution in [0.4, 0.5) is 5.69 Å². The quantitative estimate of drug-likeness (QED) is 0.597. The van der Waals surface area contributed by atoms with Crippen molar-refractivity contribution in [3.05, 3.63) is 76.5 Å². The molecular weight excluding hydrogens is 376 g/mol. The van der Waals surface area contributed by atoms with Gasteiger partial charge in [0.2, 0.25) is 5.88 Å². The minimum atomic E-state index is -0.988. The summed E-state index contributed by atoms with van der Waals surface area (Å²) >= 11 is 0. The fraction of sp³-hybridized carbons (Fsp3) is 0.320. The monoisotopic (exact) mass is 402 g/mol. The number of nitrogens with zero attached hydrogens (tertiary/aromatic N) is 1. The van der Waals surface area contributed by atoms with Gasteiger partial charge in [-0.25, -0.2) is 4.79 Å². The van der Waals surface area contributed by atoms with Crippen LogP contribution in [0.1, 0.15) is 52.9 Å². The number of nitrogens with one attached hydrogen (secondary N) is 1. The summed E-state index contributed by atoms with van der Waals surface area (Å²) in [5, 5.41) is 3.48. The summed E-state index contributed by atoms with van der Waals surface area (Å²) < 4.78 is 14.5. The zero-order chi connectivity index (χ0) is 21.0. The van der Waals surface area contributed by atoms with Gasteiger partial charge in [0, 0.05) is 42.7 Å². The van der Waals surface area contributed by atoms with Crippen LogP contribution in [0.15, 0.2) is 48.7 Å². The van der Waals surface area contributed by atoms with Crippen LogP contribution < -0.4 is 10.1 Å². The van der Waals surface area contributed by atoms with Crippen LogP contribution in [0.2, 0.25) is 0 Å². The van der Waals surface area contributed by atoms with Crippen LogP contribution in [-0.2, 0) is 17.4 Å². The predicted octanol–water partition coefficient (Wildman–Crippen LogP) is 5.36. The molecule has 0 aliphatic carbocycles. The summed E-state index contributed by atoms with van der Waals surface area (Å²) in [7, 11) is 1.96. The number of anilines is 1. The van der Waals surface area contributed by atoms with Crippen molar-refractivity contribution in [3.8, 4) is 11.6 Å². The molecule has 1 aromatic heterocycles.